The highest BCUT2D eigenvalue weighted by Gasteiger charge is 2.46. The van der Waals surface area contributed by atoms with Gasteiger partial charge in [0.1, 0.15) is 5.75 Å². The molecular formula is C18H26N2O. The highest BCUT2D eigenvalue weighted by molar-refractivity contribution is 5.27. The standard InChI is InChI=1S/C18H26N2O/c21-16-5-3-4-14(10-16)11-20-12-17(15-6-7-15)19-13-18(20)8-1-2-9-18/h3-5,10,15,17,19,21H,1-2,6-9,11-13H2. The van der Waals surface area contributed by atoms with Crippen LogP contribution in [0.15, 0.2) is 24.3 Å². The van der Waals surface area contributed by atoms with Gasteiger partial charge in [0.15, 0.2) is 0 Å². The number of piperazine rings is 1. The lowest BCUT2D eigenvalue weighted by atomic mass is 9.89. The van der Waals surface area contributed by atoms with E-state index in [0.717, 1.165) is 19.0 Å². The van der Waals surface area contributed by atoms with Crippen molar-refractivity contribution in [2.75, 3.05) is 13.1 Å². The smallest absolute Gasteiger partial charge is 0.115 e. The van der Waals surface area contributed by atoms with Gasteiger partial charge < -0.3 is 10.4 Å². The number of phenols is 1. The lowest BCUT2D eigenvalue weighted by molar-refractivity contribution is 0.0311. The first kappa shape index (κ1) is 13.6. The number of hydrogen-bond donors (Lipinski definition) is 2. The highest BCUT2D eigenvalue weighted by Crippen LogP contribution is 2.41. The number of phenolic OH excluding ortho intramolecular Hbond substituents is 1. The summed E-state index contributed by atoms with van der Waals surface area (Å²) in [4.78, 5) is 2.73. The number of nitrogens with zero attached hydrogens (tertiary/aromatic N) is 1. The molecule has 1 aliphatic heterocycles. The number of hydrogen-bond acceptors (Lipinski definition) is 3. The predicted molar refractivity (Wildman–Crippen MR) is 84.2 cm³/mol. The van der Waals surface area contributed by atoms with Crippen LogP contribution in [-0.4, -0.2) is 34.7 Å². The van der Waals surface area contributed by atoms with Crippen molar-refractivity contribution in [3.05, 3.63) is 29.8 Å². The summed E-state index contributed by atoms with van der Waals surface area (Å²) >= 11 is 0. The van der Waals surface area contributed by atoms with E-state index in [0.29, 0.717) is 17.3 Å². The molecule has 0 amide bonds. The second kappa shape index (κ2) is 5.29. The molecule has 1 heterocycles. The molecule has 2 N–H and O–H groups in total. The van der Waals surface area contributed by atoms with E-state index in [1.807, 2.05) is 12.1 Å². The summed E-state index contributed by atoms with van der Waals surface area (Å²) < 4.78 is 0. The van der Waals surface area contributed by atoms with E-state index in [2.05, 4.69) is 16.3 Å². The largest absolute Gasteiger partial charge is 0.508 e. The van der Waals surface area contributed by atoms with Crippen LogP contribution >= 0.6 is 0 Å². The van der Waals surface area contributed by atoms with Crippen LogP contribution in [0.1, 0.15) is 44.1 Å². The normalized spacial score (nSPS) is 29.0. The van der Waals surface area contributed by atoms with Crippen LogP contribution in [0, 0.1) is 5.92 Å². The fourth-order valence-electron chi connectivity index (χ4n) is 4.38. The first-order valence-electron chi connectivity index (χ1n) is 8.52. The Kier molecular flexibility index (Phi) is 3.43. The van der Waals surface area contributed by atoms with Crippen molar-refractivity contribution in [1.82, 2.24) is 10.2 Å². The maximum absolute atomic E-state index is 9.72. The Morgan fingerprint density at radius 1 is 1.24 bits per heavy atom. The molecule has 114 valence electrons. The first-order chi connectivity index (χ1) is 10.3. The topological polar surface area (TPSA) is 35.5 Å². The molecule has 2 saturated carbocycles. The molecule has 3 fully saturated rings. The average Bonchev–Trinajstić information content (AvgIpc) is 3.22. The van der Waals surface area contributed by atoms with Gasteiger partial charge in [0.25, 0.3) is 0 Å². The summed E-state index contributed by atoms with van der Waals surface area (Å²) in [6.45, 7) is 3.33. The Morgan fingerprint density at radius 3 is 2.76 bits per heavy atom. The van der Waals surface area contributed by atoms with E-state index in [1.54, 1.807) is 6.07 Å². The summed E-state index contributed by atoms with van der Waals surface area (Å²) in [6, 6.07) is 8.49. The molecule has 0 aromatic heterocycles. The lowest BCUT2D eigenvalue weighted by Crippen LogP contribution is -2.63. The van der Waals surface area contributed by atoms with Gasteiger partial charge in [-0.05, 0) is 49.3 Å². The molecule has 4 rings (SSSR count). The Balaban J connectivity index is 1.54. The SMILES string of the molecule is Oc1cccc(CN2CC(C3CC3)NCC23CCCC3)c1. The molecule has 1 aromatic rings. The van der Waals surface area contributed by atoms with Gasteiger partial charge in [-0.25, -0.2) is 0 Å². The number of rotatable bonds is 3. The van der Waals surface area contributed by atoms with E-state index in [9.17, 15) is 5.11 Å². The highest BCUT2D eigenvalue weighted by atomic mass is 16.3. The van der Waals surface area contributed by atoms with E-state index in [1.165, 1.54) is 50.6 Å². The van der Waals surface area contributed by atoms with Crippen LogP contribution < -0.4 is 5.32 Å². The van der Waals surface area contributed by atoms with Gasteiger partial charge in [0.05, 0.1) is 0 Å². The molecular weight excluding hydrogens is 260 g/mol. The third kappa shape index (κ3) is 2.69. The zero-order valence-electron chi connectivity index (χ0n) is 12.7. The Morgan fingerprint density at radius 2 is 2.05 bits per heavy atom. The zero-order chi connectivity index (χ0) is 14.3. The third-order valence-electron chi connectivity index (χ3n) is 5.79. The maximum atomic E-state index is 9.72. The number of aromatic hydroxyl groups is 1. The van der Waals surface area contributed by atoms with E-state index < -0.39 is 0 Å². The van der Waals surface area contributed by atoms with Crippen LogP contribution in [0.5, 0.6) is 5.75 Å². The minimum Gasteiger partial charge on any atom is -0.508 e. The summed E-state index contributed by atoms with van der Waals surface area (Å²) in [7, 11) is 0. The van der Waals surface area contributed by atoms with Crippen LogP contribution in [0.4, 0.5) is 0 Å². The molecule has 1 saturated heterocycles. The summed E-state index contributed by atoms with van der Waals surface area (Å²) in [6.07, 6.45) is 8.21. The van der Waals surface area contributed by atoms with Gasteiger partial charge in [-0.3, -0.25) is 4.90 Å². The van der Waals surface area contributed by atoms with Crippen molar-refractivity contribution in [2.24, 2.45) is 5.92 Å². The minimum absolute atomic E-state index is 0.372. The quantitative estimate of drug-likeness (QED) is 0.897. The Hall–Kier alpha value is -1.06. The third-order valence-corrected chi connectivity index (χ3v) is 5.79. The monoisotopic (exact) mass is 286 g/mol. The molecule has 0 radical (unpaired) electrons. The molecule has 3 aliphatic rings. The van der Waals surface area contributed by atoms with Crippen molar-refractivity contribution >= 4 is 0 Å². The van der Waals surface area contributed by atoms with E-state index in [4.69, 9.17) is 0 Å². The molecule has 1 atom stereocenters. The van der Waals surface area contributed by atoms with Crippen LogP contribution in [0.3, 0.4) is 0 Å². The van der Waals surface area contributed by atoms with Crippen molar-refractivity contribution in [3.63, 3.8) is 0 Å². The molecule has 1 aromatic carbocycles. The maximum Gasteiger partial charge on any atom is 0.115 e. The van der Waals surface area contributed by atoms with Gasteiger partial charge in [0, 0.05) is 31.2 Å². The molecule has 2 aliphatic carbocycles. The molecule has 3 nitrogen and oxygen atoms in total. The van der Waals surface area contributed by atoms with Crippen molar-refractivity contribution in [2.45, 2.75) is 56.7 Å². The van der Waals surface area contributed by atoms with Crippen LogP contribution in [0.25, 0.3) is 0 Å². The number of benzene rings is 1. The summed E-state index contributed by atoms with van der Waals surface area (Å²) in [5, 5.41) is 13.6. The average molecular weight is 286 g/mol. The zero-order valence-corrected chi connectivity index (χ0v) is 12.7. The Bertz CT molecular complexity index is 506. The van der Waals surface area contributed by atoms with Crippen molar-refractivity contribution in [3.8, 4) is 5.75 Å². The summed E-state index contributed by atoms with van der Waals surface area (Å²) in [5.74, 6) is 1.30. The second-order valence-electron chi connectivity index (χ2n) is 7.31. The molecule has 3 heteroatoms. The summed E-state index contributed by atoms with van der Waals surface area (Å²) in [5.41, 5.74) is 1.62. The minimum atomic E-state index is 0.372. The molecule has 1 unspecified atom stereocenters. The predicted octanol–water partition coefficient (Wildman–Crippen LogP) is 2.89. The van der Waals surface area contributed by atoms with Gasteiger partial charge in [-0.2, -0.15) is 0 Å². The molecule has 21 heavy (non-hydrogen) atoms. The second-order valence-corrected chi connectivity index (χ2v) is 7.31. The first-order valence-corrected chi connectivity index (χ1v) is 8.52. The number of nitrogens with one attached hydrogen (secondary N) is 1. The van der Waals surface area contributed by atoms with Crippen LogP contribution in [-0.2, 0) is 6.54 Å². The van der Waals surface area contributed by atoms with Gasteiger partial charge in [-0.15, -0.1) is 0 Å². The Labute approximate surface area is 127 Å². The fourth-order valence-corrected chi connectivity index (χ4v) is 4.38. The molecule has 1 spiro atoms. The van der Waals surface area contributed by atoms with E-state index in [-0.39, 0.29) is 0 Å². The van der Waals surface area contributed by atoms with Crippen LogP contribution in [0.2, 0.25) is 0 Å². The fraction of sp³-hybridized carbons (Fsp3) is 0.667. The molecule has 0 bridgehead atoms. The van der Waals surface area contributed by atoms with Gasteiger partial charge in [0.2, 0.25) is 0 Å². The van der Waals surface area contributed by atoms with E-state index >= 15 is 0 Å². The van der Waals surface area contributed by atoms with Gasteiger partial charge in [-0.1, -0.05) is 25.0 Å². The van der Waals surface area contributed by atoms with Crippen molar-refractivity contribution < 1.29 is 5.11 Å². The van der Waals surface area contributed by atoms with Crippen molar-refractivity contribution in [1.29, 1.82) is 0 Å². The van der Waals surface area contributed by atoms with Gasteiger partial charge >= 0.3 is 0 Å². The lowest BCUT2D eigenvalue weighted by Gasteiger charge is -2.48.